The van der Waals surface area contributed by atoms with Gasteiger partial charge in [0.15, 0.2) is 0 Å². The minimum atomic E-state index is -1.55. The van der Waals surface area contributed by atoms with Crippen molar-refractivity contribution in [1.29, 1.82) is 0 Å². The first-order valence-electron chi connectivity index (χ1n) is 10.5. The number of nitrogens with one attached hydrogen (secondary N) is 1. The van der Waals surface area contributed by atoms with Crippen molar-refractivity contribution in [3.8, 4) is 5.88 Å². The zero-order valence-corrected chi connectivity index (χ0v) is 18.8. The van der Waals surface area contributed by atoms with Gasteiger partial charge in [0.05, 0.1) is 18.7 Å². The smallest absolute Gasteiger partial charge is 0.341 e. The van der Waals surface area contributed by atoms with E-state index in [0.29, 0.717) is 27.5 Å². The standard InChI is InChI=1S/C24H21ClN4O4/c1-3-32-22(30)19-20(26)33-21-18(13(2)27-28-21)24(19)16-6-4-5-7-17(16)29(23(24)31)12-14-8-10-15(25)11-9-14/h4-11H,3,12,26H2,1-2H3,(H,27,28). The number of amides is 1. The minimum Gasteiger partial charge on any atom is -0.462 e. The van der Waals surface area contributed by atoms with Crippen LogP contribution in [0.1, 0.15) is 29.3 Å². The number of aryl methyl sites for hydroxylation is 1. The van der Waals surface area contributed by atoms with E-state index in [1.807, 2.05) is 36.4 Å². The Labute approximate surface area is 194 Å². The van der Waals surface area contributed by atoms with Crippen molar-refractivity contribution >= 4 is 29.2 Å². The second kappa shape index (κ2) is 7.67. The van der Waals surface area contributed by atoms with Crippen LogP contribution in [0, 0.1) is 6.92 Å². The maximum Gasteiger partial charge on any atom is 0.341 e. The quantitative estimate of drug-likeness (QED) is 0.573. The molecule has 0 bridgehead atoms. The number of hydrogen-bond acceptors (Lipinski definition) is 6. The molecule has 8 nitrogen and oxygen atoms in total. The molecular formula is C24H21ClN4O4. The molecule has 168 valence electrons. The highest BCUT2D eigenvalue weighted by molar-refractivity contribution is 6.30. The van der Waals surface area contributed by atoms with E-state index < -0.39 is 11.4 Å². The SMILES string of the molecule is CCOC(=O)C1=C(N)Oc2n[nH]c(C)c2C12C(=O)N(Cc1ccc(Cl)cc1)c1ccccc12. The fourth-order valence-electron chi connectivity index (χ4n) is 4.71. The number of nitrogens with two attached hydrogens (primary N) is 1. The third-order valence-corrected chi connectivity index (χ3v) is 6.27. The van der Waals surface area contributed by atoms with Gasteiger partial charge in [-0.2, -0.15) is 0 Å². The van der Waals surface area contributed by atoms with Gasteiger partial charge in [-0.3, -0.25) is 9.89 Å². The van der Waals surface area contributed by atoms with E-state index in [1.54, 1.807) is 30.9 Å². The first-order valence-corrected chi connectivity index (χ1v) is 10.8. The molecule has 2 aromatic carbocycles. The number of esters is 1. The zero-order valence-electron chi connectivity index (χ0n) is 18.0. The van der Waals surface area contributed by atoms with Gasteiger partial charge in [-0.15, -0.1) is 5.10 Å². The number of anilines is 1. The van der Waals surface area contributed by atoms with Gasteiger partial charge in [-0.05, 0) is 37.6 Å². The predicted molar refractivity (Wildman–Crippen MR) is 122 cm³/mol. The Bertz CT molecular complexity index is 1310. The lowest BCUT2D eigenvalue weighted by Crippen LogP contribution is -2.48. The molecule has 2 aliphatic rings. The monoisotopic (exact) mass is 464 g/mol. The number of aromatic amines is 1. The lowest BCUT2D eigenvalue weighted by molar-refractivity contribution is -0.140. The van der Waals surface area contributed by atoms with Crippen LogP contribution in [0.4, 0.5) is 5.69 Å². The fourth-order valence-corrected chi connectivity index (χ4v) is 4.84. The van der Waals surface area contributed by atoms with Crippen LogP contribution in [0.5, 0.6) is 5.88 Å². The molecule has 33 heavy (non-hydrogen) atoms. The Morgan fingerprint density at radius 2 is 1.97 bits per heavy atom. The van der Waals surface area contributed by atoms with Crippen LogP contribution in [0.3, 0.4) is 0 Å². The molecule has 1 spiro atoms. The number of carbonyl (C=O) groups is 2. The summed E-state index contributed by atoms with van der Waals surface area (Å²) in [5.74, 6) is -1.09. The van der Waals surface area contributed by atoms with E-state index in [4.69, 9.17) is 26.8 Å². The van der Waals surface area contributed by atoms with Gasteiger partial charge in [-0.1, -0.05) is 41.9 Å². The summed E-state index contributed by atoms with van der Waals surface area (Å²) in [4.78, 5) is 29.3. The molecule has 3 aromatic rings. The summed E-state index contributed by atoms with van der Waals surface area (Å²) >= 11 is 6.04. The van der Waals surface area contributed by atoms with Gasteiger partial charge in [0.2, 0.25) is 17.7 Å². The Kier molecular flexibility index (Phi) is 4.90. The lowest BCUT2D eigenvalue weighted by Gasteiger charge is -2.34. The molecule has 2 aliphatic heterocycles. The second-order valence-corrected chi connectivity index (χ2v) is 8.31. The molecule has 3 heterocycles. The molecule has 1 unspecified atom stereocenters. The van der Waals surface area contributed by atoms with Crippen LogP contribution in [0.25, 0.3) is 0 Å². The highest BCUT2D eigenvalue weighted by Gasteiger charge is 2.62. The first kappa shape index (κ1) is 21.1. The van der Waals surface area contributed by atoms with Crippen molar-refractivity contribution < 1.29 is 19.1 Å². The number of nitrogens with zero attached hydrogens (tertiary/aromatic N) is 2. The van der Waals surface area contributed by atoms with Crippen molar-refractivity contribution in [1.82, 2.24) is 10.2 Å². The average Bonchev–Trinajstić information content (AvgIpc) is 3.27. The van der Waals surface area contributed by atoms with E-state index in [9.17, 15) is 9.59 Å². The van der Waals surface area contributed by atoms with Crippen LogP contribution in [0.2, 0.25) is 5.02 Å². The van der Waals surface area contributed by atoms with Gasteiger partial charge in [-0.25, -0.2) is 4.79 Å². The molecular weight excluding hydrogens is 444 g/mol. The highest BCUT2D eigenvalue weighted by Crippen LogP contribution is 2.56. The topological polar surface area (TPSA) is 111 Å². The Balaban J connectivity index is 1.77. The molecule has 5 rings (SSSR count). The summed E-state index contributed by atoms with van der Waals surface area (Å²) in [6.45, 7) is 3.86. The summed E-state index contributed by atoms with van der Waals surface area (Å²) in [5.41, 5.74) is 7.85. The molecule has 1 amide bonds. The number of rotatable bonds is 4. The van der Waals surface area contributed by atoms with E-state index in [1.165, 1.54) is 0 Å². The molecule has 1 aromatic heterocycles. The van der Waals surface area contributed by atoms with Crippen LogP contribution < -0.4 is 15.4 Å². The van der Waals surface area contributed by atoms with Crippen molar-refractivity contribution in [3.05, 3.63) is 87.4 Å². The Morgan fingerprint density at radius 3 is 2.70 bits per heavy atom. The number of benzene rings is 2. The lowest BCUT2D eigenvalue weighted by atomic mass is 9.68. The fraction of sp³-hybridized carbons (Fsp3) is 0.208. The van der Waals surface area contributed by atoms with Crippen molar-refractivity contribution in [2.45, 2.75) is 25.8 Å². The number of fused-ring (bicyclic) bond motifs is 4. The molecule has 0 radical (unpaired) electrons. The summed E-state index contributed by atoms with van der Waals surface area (Å²) in [6, 6.07) is 14.6. The summed E-state index contributed by atoms with van der Waals surface area (Å²) in [5, 5.41) is 7.67. The number of hydrogen-bond donors (Lipinski definition) is 2. The van der Waals surface area contributed by atoms with Gasteiger partial charge in [0.25, 0.3) is 0 Å². The summed E-state index contributed by atoms with van der Waals surface area (Å²) in [7, 11) is 0. The van der Waals surface area contributed by atoms with Gasteiger partial charge in [0, 0.05) is 22.0 Å². The minimum absolute atomic E-state index is 0.0441. The molecule has 0 saturated carbocycles. The second-order valence-electron chi connectivity index (χ2n) is 7.88. The third kappa shape index (κ3) is 2.94. The van der Waals surface area contributed by atoms with Crippen molar-refractivity contribution in [2.24, 2.45) is 5.73 Å². The molecule has 3 N–H and O–H groups in total. The summed E-state index contributed by atoms with van der Waals surface area (Å²) in [6.07, 6.45) is 0. The summed E-state index contributed by atoms with van der Waals surface area (Å²) < 4.78 is 11.0. The van der Waals surface area contributed by atoms with E-state index in [0.717, 1.165) is 5.56 Å². The molecule has 1 atom stereocenters. The average molecular weight is 465 g/mol. The number of para-hydroxylation sites is 1. The van der Waals surface area contributed by atoms with Gasteiger partial charge >= 0.3 is 5.97 Å². The van der Waals surface area contributed by atoms with Crippen LogP contribution >= 0.6 is 11.6 Å². The normalized spacial score (nSPS) is 18.9. The molecule has 0 fully saturated rings. The van der Waals surface area contributed by atoms with Crippen LogP contribution in [0.15, 0.2) is 60.0 Å². The third-order valence-electron chi connectivity index (χ3n) is 6.02. The molecule has 9 heteroatoms. The number of aromatic nitrogens is 2. The number of ether oxygens (including phenoxy) is 2. The van der Waals surface area contributed by atoms with E-state index >= 15 is 0 Å². The first-order chi connectivity index (χ1) is 15.9. The Morgan fingerprint density at radius 1 is 1.24 bits per heavy atom. The largest absolute Gasteiger partial charge is 0.462 e. The van der Waals surface area contributed by atoms with Crippen LogP contribution in [-0.4, -0.2) is 28.7 Å². The van der Waals surface area contributed by atoms with Gasteiger partial charge in [0.1, 0.15) is 11.0 Å². The maximum absolute atomic E-state index is 14.4. The number of halogens is 1. The maximum atomic E-state index is 14.4. The number of H-pyrrole nitrogens is 1. The molecule has 0 saturated heterocycles. The van der Waals surface area contributed by atoms with E-state index in [-0.39, 0.29) is 36.4 Å². The van der Waals surface area contributed by atoms with Gasteiger partial charge < -0.3 is 20.1 Å². The Hall–Kier alpha value is -3.78. The highest BCUT2D eigenvalue weighted by atomic mass is 35.5. The van der Waals surface area contributed by atoms with Crippen molar-refractivity contribution in [2.75, 3.05) is 11.5 Å². The predicted octanol–water partition coefficient (Wildman–Crippen LogP) is 3.33. The van der Waals surface area contributed by atoms with Crippen LogP contribution in [-0.2, 0) is 26.3 Å². The number of carbonyl (C=O) groups excluding carboxylic acids is 2. The molecule has 0 aliphatic carbocycles. The van der Waals surface area contributed by atoms with E-state index in [2.05, 4.69) is 10.2 Å². The van der Waals surface area contributed by atoms with Crippen molar-refractivity contribution in [3.63, 3.8) is 0 Å². The zero-order chi connectivity index (χ0) is 23.3.